The molecule has 1 aliphatic carbocycles. The maximum absolute atomic E-state index is 5.58. The van der Waals surface area contributed by atoms with E-state index in [-0.39, 0.29) is 0 Å². The van der Waals surface area contributed by atoms with Crippen molar-refractivity contribution in [2.24, 2.45) is 5.41 Å². The standard InChI is InChI=1S/C16H30N4O/c1-6-9-17-15(16(2)7-8-16)14-13(21-5)12-18-20(14)11-10-19(3)4/h12,15,17H,6-11H2,1-5H3. The van der Waals surface area contributed by atoms with Crippen LogP contribution in [0.15, 0.2) is 6.20 Å². The number of ether oxygens (including phenoxy) is 1. The molecule has 0 aliphatic heterocycles. The second-order valence-corrected chi connectivity index (χ2v) is 6.67. The molecule has 0 aromatic carbocycles. The highest BCUT2D eigenvalue weighted by atomic mass is 16.5. The van der Waals surface area contributed by atoms with Crippen LogP contribution in [0.2, 0.25) is 0 Å². The molecule has 0 radical (unpaired) electrons. The fraction of sp³-hybridized carbons (Fsp3) is 0.812. The number of hydrogen-bond donors (Lipinski definition) is 1. The maximum atomic E-state index is 5.58. The van der Waals surface area contributed by atoms with Gasteiger partial charge in [-0.15, -0.1) is 0 Å². The van der Waals surface area contributed by atoms with E-state index < -0.39 is 0 Å². The van der Waals surface area contributed by atoms with E-state index in [0.29, 0.717) is 11.5 Å². The molecular formula is C16H30N4O. The molecule has 1 unspecified atom stereocenters. The highest BCUT2D eigenvalue weighted by Gasteiger charge is 2.47. The van der Waals surface area contributed by atoms with E-state index >= 15 is 0 Å². The molecule has 1 saturated carbocycles. The third kappa shape index (κ3) is 3.77. The molecule has 1 heterocycles. The average Bonchev–Trinajstić information content (AvgIpc) is 3.06. The van der Waals surface area contributed by atoms with Crippen LogP contribution in [0.25, 0.3) is 0 Å². The smallest absolute Gasteiger partial charge is 0.161 e. The van der Waals surface area contributed by atoms with Crippen LogP contribution in [0.1, 0.15) is 44.8 Å². The second kappa shape index (κ2) is 6.79. The van der Waals surface area contributed by atoms with Crippen LogP contribution in [0, 0.1) is 5.41 Å². The van der Waals surface area contributed by atoms with Crippen molar-refractivity contribution in [2.45, 2.75) is 45.7 Å². The van der Waals surface area contributed by atoms with Crippen LogP contribution in [0.3, 0.4) is 0 Å². The van der Waals surface area contributed by atoms with Crippen molar-refractivity contribution in [1.82, 2.24) is 20.0 Å². The first-order valence-corrected chi connectivity index (χ1v) is 7.99. The third-order valence-corrected chi connectivity index (χ3v) is 4.43. The molecule has 1 aliphatic rings. The first kappa shape index (κ1) is 16.3. The van der Waals surface area contributed by atoms with Gasteiger partial charge >= 0.3 is 0 Å². The van der Waals surface area contributed by atoms with Crippen molar-refractivity contribution in [3.05, 3.63) is 11.9 Å². The first-order chi connectivity index (χ1) is 10.0. The van der Waals surface area contributed by atoms with Crippen LogP contribution in [-0.2, 0) is 6.54 Å². The van der Waals surface area contributed by atoms with E-state index in [1.54, 1.807) is 7.11 Å². The minimum Gasteiger partial charge on any atom is -0.493 e. The fourth-order valence-corrected chi connectivity index (χ4v) is 2.75. The molecule has 0 saturated heterocycles. The Balaban J connectivity index is 2.26. The molecule has 21 heavy (non-hydrogen) atoms. The summed E-state index contributed by atoms with van der Waals surface area (Å²) in [7, 11) is 5.92. The van der Waals surface area contributed by atoms with E-state index in [4.69, 9.17) is 4.74 Å². The number of aromatic nitrogens is 2. The largest absolute Gasteiger partial charge is 0.493 e. The molecule has 1 fully saturated rings. The van der Waals surface area contributed by atoms with E-state index in [0.717, 1.165) is 31.8 Å². The van der Waals surface area contributed by atoms with E-state index in [2.05, 4.69) is 47.9 Å². The number of hydrogen-bond acceptors (Lipinski definition) is 4. The quantitative estimate of drug-likeness (QED) is 0.759. The van der Waals surface area contributed by atoms with Crippen molar-refractivity contribution in [3.8, 4) is 5.75 Å². The summed E-state index contributed by atoms with van der Waals surface area (Å²) < 4.78 is 7.70. The van der Waals surface area contributed by atoms with Gasteiger partial charge in [0, 0.05) is 6.54 Å². The summed E-state index contributed by atoms with van der Waals surface area (Å²) in [5, 5.41) is 8.28. The van der Waals surface area contributed by atoms with Gasteiger partial charge < -0.3 is 15.0 Å². The van der Waals surface area contributed by atoms with Crippen LogP contribution in [0.4, 0.5) is 0 Å². The number of methoxy groups -OCH3 is 1. The Hall–Kier alpha value is -1.07. The summed E-state index contributed by atoms with van der Waals surface area (Å²) in [4.78, 5) is 2.19. The molecule has 1 atom stereocenters. The van der Waals surface area contributed by atoms with Gasteiger partial charge in [-0.3, -0.25) is 4.68 Å². The summed E-state index contributed by atoms with van der Waals surface area (Å²) >= 11 is 0. The SMILES string of the molecule is CCCNC(c1c(OC)cnn1CCN(C)C)C1(C)CC1. The Kier molecular flexibility index (Phi) is 5.27. The number of nitrogens with one attached hydrogen (secondary N) is 1. The van der Waals surface area contributed by atoms with Crippen molar-refractivity contribution < 1.29 is 4.74 Å². The van der Waals surface area contributed by atoms with E-state index in [1.807, 2.05) is 6.20 Å². The minimum atomic E-state index is 0.331. The van der Waals surface area contributed by atoms with E-state index in [9.17, 15) is 0 Å². The molecule has 1 N–H and O–H groups in total. The molecular weight excluding hydrogens is 264 g/mol. The second-order valence-electron chi connectivity index (χ2n) is 6.67. The van der Waals surface area contributed by atoms with Gasteiger partial charge in [0.15, 0.2) is 5.75 Å². The first-order valence-electron chi connectivity index (χ1n) is 7.99. The van der Waals surface area contributed by atoms with Crippen molar-refractivity contribution in [2.75, 3.05) is 34.3 Å². The molecule has 2 rings (SSSR count). The van der Waals surface area contributed by atoms with Crippen molar-refractivity contribution >= 4 is 0 Å². The zero-order valence-corrected chi connectivity index (χ0v) is 14.1. The summed E-state index contributed by atoms with van der Waals surface area (Å²) in [5.41, 5.74) is 1.56. The molecule has 0 bridgehead atoms. The van der Waals surface area contributed by atoms with Gasteiger partial charge in [-0.2, -0.15) is 5.10 Å². The lowest BCUT2D eigenvalue weighted by atomic mass is 9.95. The molecule has 1 aromatic heterocycles. The Bertz CT molecular complexity index is 451. The average molecular weight is 294 g/mol. The Morgan fingerprint density at radius 1 is 1.48 bits per heavy atom. The topological polar surface area (TPSA) is 42.3 Å². The molecule has 0 amide bonds. The summed E-state index contributed by atoms with van der Waals surface area (Å²) in [5.74, 6) is 0.912. The molecule has 5 nitrogen and oxygen atoms in total. The van der Waals surface area contributed by atoms with Crippen LogP contribution >= 0.6 is 0 Å². The predicted molar refractivity (Wildman–Crippen MR) is 85.7 cm³/mol. The van der Waals surface area contributed by atoms with Gasteiger partial charge in [-0.25, -0.2) is 0 Å². The van der Waals surface area contributed by atoms with E-state index in [1.165, 1.54) is 18.5 Å². The molecule has 5 heteroatoms. The van der Waals surface area contributed by atoms with Gasteiger partial charge in [0.1, 0.15) is 0 Å². The Morgan fingerprint density at radius 2 is 2.19 bits per heavy atom. The third-order valence-electron chi connectivity index (χ3n) is 4.43. The Morgan fingerprint density at radius 3 is 2.71 bits per heavy atom. The van der Waals surface area contributed by atoms with Gasteiger partial charge in [-0.05, 0) is 45.3 Å². The van der Waals surface area contributed by atoms with Crippen LogP contribution < -0.4 is 10.1 Å². The highest BCUT2D eigenvalue weighted by molar-refractivity contribution is 5.31. The number of likely N-dealkylation sites (N-methyl/N-ethyl adjacent to an activating group) is 1. The van der Waals surface area contributed by atoms with Gasteiger partial charge in [-0.1, -0.05) is 13.8 Å². The molecule has 0 spiro atoms. The van der Waals surface area contributed by atoms with Gasteiger partial charge in [0.25, 0.3) is 0 Å². The summed E-state index contributed by atoms with van der Waals surface area (Å²) in [6, 6.07) is 0.331. The van der Waals surface area contributed by atoms with Crippen molar-refractivity contribution in [3.63, 3.8) is 0 Å². The summed E-state index contributed by atoms with van der Waals surface area (Å²) in [6.45, 7) is 7.48. The molecule has 120 valence electrons. The highest BCUT2D eigenvalue weighted by Crippen LogP contribution is 2.55. The minimum absolute atomic E-state index is 0.331. The predicted octanol–water partition coefficient (Wildman–Crippen LogP) is 2.29. The molecule has 1 aromatic rings. The monoisotopic (exact) mass is 294 g/mol. The lowest BCUT2D eigenvalue weighted by molar-refractivity contribution is 0.310. The number of nitrogens with zero attached hydrogens (tertiary/aromatic N) is 3. The Labute approximate surface area is 128 Å². The normalized spacial score (nSPS) is 18.0. The van der Waals surface area contributed by atoms with Crippen LogP contribution in [-0.4, -0.2) is 49.0 Å². The zero-order chi connectivity index (χ0) is 15.5. The lowest BCUT2D eigenvalue weighted by Gasteiger charge is -2.27. The van der Waals surface area contributed by atoms with Crippen molar-refractivity contribution in [1.29, 1.82) is 0 Å². The van der Waals surface area contributed by atoms with Gasteiger partial charge in [0.2, 0.25) is 0 Å². The fourth-order valence-electron chi connectivity index (χ4n) is 2.75. The number of rotatable bonds is 9. The summed E-state index contributed by atoms with van der Waals surface area (Å²) in [6.07, 6.45) is 5.55. The lowest BCUT2D eigenvalue weighted by Crippen LogP contribution is -2.32. The van der Waals surface area contributed by atoms with Crippen LogP contribution in [0.5, 0.6) is 5.75 Å². The van der Waals surface area contributed by atoms with Gasteiger partial charge in [0.05, 0.1) is 31.6 Å². The maximum Gasteiger partial charge on any atom is 0.161 e. The zero-order valence-electron chi connectivity index (χ0n) is 14.1.